The maximum absolute atomic E-state index is 14.2. The lowest BCUT2D eigenvalue weighted by molar-refractivity contribution is 0.615. The van der Waals surface area contributed by atoms with E-state index in [0.29, 0.717) is 33.9 Å². The molecule has 0 aliphatic rings. The van der Waals surface area contributed by atoms with Gasteiger partial charge in [-0.3, -0.25) is 4.57 Å². The lowest BCUT2D eigenvalue weighted by atomic mass is 10.3. The summed E-state index contributed by atoms with van der Waals surface area (Å²) in [7, 11) is 0. The Hall–Kier alpha value is -1.46. The van der Waals surface area contributed by atoms with Gasteiger partial charge in [0.25, 0.3) is 0 Å². The van der Waals surface area contributed by atoms with Crippen LogP contribution >= 0.6 is 27.5 Å². The number of aryl methyl sites for hydroxylation is 1. The van der Waals surface area contributed by atoms with E-state index < -0.39 is 0 Å². The minimum absolute atomic E-state index is 0.333. The van der Waals surface area contributed by atoms with Crippen LogP contribution in [0.5, 0.6) is 0 Å². The molecule has 0 spiro atoms. The van der Waals surface area contributed by atoms with Crippen molar-refractivity contribution < 1.29 is 4.39 Å². The van der Waals surface area contributed by atoms with Gasteiger partial charge in [0.2, 0.25) is 0 Å². The van der Waals surface area contributed by atoms with Crippen LogP contribution in [0.3, 0.4) is 0 Å². The molecule has 3 aromatic rings. The van der Waals surface area contributed by atoms with Crippen LogP contribution in [0.2, 0.25) is 0 Å². The van der Waals surface area contributed by atoms with Crippen molar-refractivity contribution in [3.63, 3.8) is 0 Å². The van der Waals surface area contributed by atoms with E-state index >= 15 is 0 Å². The molecule has 3 nitrogen and oxygen atoms in total. The van der Waals surface area contributed by atoms with E-state index in [-0.39, 0.29) is 5.82 Å². The van der Waals surface area contributed by atoms with Crippen molar-refractivity contribution in [2.75, 3.05) is 5.88 Å². The van der Waals surface area contributed by atoms with Crippen molar-refractivity contribution in [1.29, 1.82) is 0 Å². The van der Waals surface area contributed by atoms with Gasteiger partial charge in [0.05, 0.1) is 5.69 Å². The second kappa shape index (κ2) is 5.50. The first-order chi connectivity index (χ1) is 9.72. The third kappa shape index (κ3) is 2.21. The van der Waals surface area contributed by atoms with Crippen LogP contribution in [0.25, 0.3) is 16.9 Å². The Morgan fingerprint density at radius 1 is 1.25 bits per heavy atom. The van der Waals surface area contributed by atoms with Crippen LogP contribution in [0.4, 0.5) is 4.39 Å². The van der Waals surface area contributed by atoms with Crippen LogP contribution < -0.4 is 0 Å². The minimum atomic E-state index is -0.333. The van der Waals surface area contributed by atoms with E-state index in [1.807, 2.05) is 6.07 Å². The van der Waals surface area contributed by atoms with Crippen molar-refractivity contribution in [3.8, 4) is 5.69 Å². The van der Waals surface area contributed by atoms with E-state index in [0.717, 1.165) is 5.52 Å². The van der Waals surface area contributed by atoms with Gasteiger partial charge in [-0.05, 0) is 40.2 Å². The highest BCUT2D eigenvalue weighted by molar-refractivity contribution is 9.10. The molecule has 0 unspecified atom stereocenters. The quantitative estimate of drug-likeness (QED) is 0.663. The molecule has 0 saturated carbocycles. The highest BCUT2D eigenvalue weighted by Gasteiger charge is 2.18. The lowest BCUT2D eigenvalue weighted by Crippen LogP contribution is -2.06. The van der Waals surface area contributed by atoms with Gasteiger partial charge in [-0.1, -0.05) is 6.07 Å². The predicted molar refractivity (Wildman–Crippen MR) is 80.9 cm³/mol. The number of para-hydroxylation sites is 1. The van der Waals surface area contributed by atoms with Crippen molar-refractivity contribution in [2.24, 2.45) is 0 Å². The van der Waals surface area contributed by atoms with Gasteiger partial charge >= 0.3 is 0 Å². The van der Waals surface area contributed by atoms with E-state index in [1.54, 1.807) is 29.0 Å². The van der Waals surface area contributed by atoms with Crippen molar-refractivity contribution in [1.82, 2.24) is 14.5 Å². The van der Waals surface area contributed by atoms with Crippen molar-refractivity contribution in [2.45, 2.75) is 6.42 Å². The number of benzene rings is 1. The normalized spacial score (nSPS) is 11.2. The summed E-state index contributed by atoms with van der Waals surface area (Å²) in [5.41, 5.74) is 1.76. The molecule has 0 aliphatic heterocycles. The Bertz CT molecular complexity index is 752. The Morgan fingerprint density at radius 2 is 2.10 bits per heavy atom. The van der Waals surface area contributed by atoms with Crippen LogP contribution in [0.15, 0.2) is 41.0 Å². The maximum atomic E-state index is 14.2. The van der Waals surface area contributed by atoms with E-state index in [4.69, 9.17) is 11.6 Å². The van der Waals surface area contributed by atoms with Gasteiger partial charge in [0.1, 0.15) is 17.2 Å². The number of pyridine rings is 1. The van der Waals surface area contributed by atoms with Crippen LogP contribution in [0, 0.1) is 5.82 Å². The maximum Gasteiger partial charge on any atom is 0.164 e. The molecule has 2 aromatic heterocycles. The SMILES string of the molecule is Fc1cccc(Br)c1-n1c(CCCl)nc2cccnc21. The highest BCUT2D eigenvalue weighted by Crippen LogP contribution is 2.28. The zero-order valence-corrected chi connectivity index (χ0v) is 12.7. The summed E-state index contributed by atoms with van der Waals surface area (Å²) < 4.78 is 16.6. The van der Waals surface area contributed by atoms with E-state index in [9.17, 15) is 4.39 Å². The summed E-state index contributed by atoms with van der Waals surface area (Å²) >= 11 is 9.21. The number of alkyl halides is 1. The Morgan fingerprint density at radius 3 is 2.85 bits per heavy atom. The first-order valence-corrected chi connectivity index (χ1v) is 7.38. The van der Waals surface area contributed by atoms with E-state index in [2.05, 4.69) is 25.9 Å². The van der Waals surface area contributed by atoms with Crippen molar-refractivity contribution >= 4 is 38.7 Å². The van der Waals surface area contributed by atoms with Crippen molar-refractivity contribution in [3.05, 3.63) is 52.6 Å². The number of aromatic nitrogens is 3. The average Bonchev–Trinajstić information content (AvgIpc) is 2.78. The van der Waals surface area contributed by atoms with Gasteiger partial charge in [-0.15, -0.1) is 11.6 Å². The van der Waals surface area contributed by atoms with Crippen LogP contribution in [0.1, 0.15) is 5.82 Å². The molecule has 0 bridgehead atoms. The van der Waals surface area contributed by atoms with Crippen LogP contribution in [-0.4, -0.2) is 20.4 Å². The van der Waals surface area contributed by atoms with Gasteiger partial charge in [0.15, 0.2) is 5.65 Å². The first-order valence-electron chi connectivity index (χ1n) is 6.05. The number of nitrogens with zero attached hydrogens (tertiary/aromatic N) is 3. The zero-order valence-electron chi connectivity index (χ0n) is 10.4. The summed E-state index contributed by atoms with van der Waals surface area (Å²) in [4.78, 5) is 8.80. The number of hydrogen-bond donors (Lipinski definition) is 0. The van der Waals surface area contributed by atoms with Gasteiger partial charge in [-0.2, -0.15) is 0 Å². The Kier molecular flexibility index (Phi) is 3.72. The topological polar surface area (TPSA) is 30.7 Å². The van der Waals surface area contributed by atoms with E-state index in [1.165, 1.54) is 6.07 Å². The summed E-state index contributed by atoms with van der Waals surface area (Å²) in [6.07, 6.45) is 2.21. The average molecular weight is 355 g/mol. The van der Waals surface area contributed by atoms with Gasteiger partial charge < -0.3 is 0 Å². The minimum Gasteiger partial charge on any atom is -0.277 e. The number of imidazole rings is 1. The predicted octanol–water partition coefficient (Wildman–Crippen LogP) is 4.10. The molecule has 0 amide bonds. The fourth-order valence-corrected chi connectivity index (χ4v) is 2.84. The molecule has 0 N–H and O–H groups in total. The fourth-order valence-electron chi connectivity index (χ4n) is 2.15. The summed E-state index contributed by atoms with van der Waals surface area (Å²) in [5.74, 6) is 0.773. The molecule has 6 heteroatoms. The molecular formula is C14H10BrClFN3. The Labute approximate surface area is 128 Å². The number of halogens is 3. The van der Waals surface area contributed by atoms with Gasteiger partial charge in [0, 0.05) is 23.0 Å². The molecule has 0 radical (unpaired) electrons. The monoisotopic (exact) mass is 353 g/mol. The van der Waals surface area contributed by atoms with Crippen LogP contribution in [-0.2, 0) is 6.42 Å². The molecule has 0 saturated heterocycles. The lowest BCUT2D eigenvalue weighted by Gasteiger charge is -2.11. The summed E-state index contributed by atoms with van der Waals surface area (Å²) in [6.45, 7) is 0. The Balaban J connectivity index is 2.36. The summed E-state index contributed by atoms with van der Waals surface area (Å²) in [6, 6.07) is 8.51. The molecule has 1 aromatic carbocycles. The number of rotatable bonds is 3. The molecule has 0 fully saturated rings. The second-order valence-electron chi connectivity index (χ2n) is 4.22. The molecule has 2 heterocycles. The zero-order chi connectivity index (χ0) is 14.1. The second-order valence-corrected chi connectivity index (χ2v) is 5.45. The fraction of sp³-hybridized carbons (Fsp3) is 0.143. The molecule has 0 atom stereocenters. The molecule has 20 heavy (non-hydrogen) atoms. The third-order valence-corrected chi connectivity index (χ3v) is 3.79. The molecule has 102 valence electrons. The molecular weight excluding hydrogens is 345 g/mol. The number of fused-ring (bicyclic) bond motifs is 1. The largest absolute Gasteiger partial charge is 0.277 e. The molecule has 3 rings (SSSR count). The number of hydrogen-bond acceptors (Lipinski definition) is 2. The molecule has 0 aliphatic carbocycles. The third-order valence-electron chi connectivity index (χ3n) is 2.96. The van der Waals surface area contributed by atoms with Gasteiger partial charge in [-0.25, -0.2) is 14.4 Å². The highest BCUT2D eigenvalue weighted by atomic mass is 79.9. The standard InChI is InChI=1S/C14H10BrClFN3/c15-9-3-1-4-10(17)13(9)20-12(6-7-16)19-11-5-2-8-18-14(11)20/h1-5,8H,6-7H2. The summed E-state index contributed by atoms with van der Waals surface area (Å²) in [5, 5.41) is 0. The first kappa shape index (κ1) is 13.5. The smallest absolute Gasteiger partial charge is 0.164 e.